The Morgan fingerprint density at radius 1 is 1.53 bits per heavy atom. The number of nitrogen functional groups attached to an aromatic ring is 1. The average Bonchev–Trinajstić information content (AvgIpc) is 2.43. The topological polar surface area (TPSA) is 55.6 Å². The Balaban J connectivity index is 2.19. The summed E-state index contributed by atoms with van der Waals surface area (Å²) in [5, 5.41) is 0. The van der Waals surface area contributed by atoms with E-state index in [2.05, 4.69) is 0 Å². The van der Waals surface area contributed by atoms with E-state index in [1.165, 1.54) is 12.1 Å². The summed E-state index contributed by atoms with van der Waals surface area (Å²) in [6, 6.07) is 2.79. The summed E-state index contributed by atoms with van der Waals surface area (Å²) in [6.45, 7) is 2.82. The fraction of sp³-hybridized carbons (Fsp3) is 0.500. The lowest BCUT2D eigenvalue weighted by Gasteiger charge is -2.32. The van der Waals surface area contributed by atoms with E-state index in [1.54, 1.807) is 18.9 Å². The van der Waals surface area contributed by atoms with Crippen molar-refractivity contribution in [2.24, 2.45) is 0 Å². The third-order valence-electron chi connectivity index (χ3n) is 3.63. The van der Waals surface area contributed by atoms with Crippen molar-refractivity contribution in [3.05, 3.63) is 29.1 Å². The summed E-state index contributed by atoms with van der Waals surface area (Å²) in [6.07, 6.45) is 1.91. The number of amides is 1. The molecule has 5 heteroatoms. The SMILES string of the molecule is COC1CCCN(C(=O)c2cc(N)c(C)c(F)c2)C1. The molecule has 0 aliphatic carbocycles. The van der Waals surface area contributed by atoms with Gasteiger partial charge < -0.3 is 15.4 Å². The Kier molecular flexibility index (Phi) is 4.04. The smallest absolute Gasteiger partial charge is 0.254 e. The van der Waals surface area contributed by atoms with E-state index < -0.39 is 5.82 Å². The van der Waals surface area contributed by atoms with Gasteiger partial charge in [-0.15, -0.1) is 0 Å². The number of piperidine rings is 1. The summed E-state index contributed by atoms with van der Waals surface area (Å²) >= 11 is 0. The van der Waals surface area contributed by atoms with Crippen LogP contribution in [0.2, 0.25) is 0 Å². The molecule has 0 radical (unpaired) electrons. The van der Waals surface area contributed by atoms with Gasteiger partial charge in [-0.2, -0.15) is 0 Å². The van der Waals surface area contributed by atoms with Gasteiger partial charge in [-0.3, -0.25) is 4.79 Å². The number of halogens is 1. The zero-order valence-electron chi connectivity index (χ0n) is 11.3. The molecule has 1 heterocycles. The van der Waals surface area contributed by atoms with Gasteiger partial charge in [0.15, 0.2) is 0 Å². The average molecular weight is 266 g/mol. The Hall–Kier alpha value is -1.62. The predicted molar refractivity (Wildman–Crippen MR) is 71.5 cm³/mol. The molecule has 1 saturated heterocycles. The third-order valence-corrected chi connectivity index (χ3v) is 3.63. The molecule has 104 valence electrons. The first-order valence-electron chi connectivity index (χ1n) is 6.40. The first-order valence-corrected chi connectivity index (χ1v) is 6.40. The van der Waals surface area contributed by atoms with Crippen LogP contribution >= 0.6 is 0 Å². The second-order valence-corrected chi connectivity index (χ2v) is 4.92. The monoisotopic (exact) mass is 266 g/mol. The van der Waals surface area contributed by atoms with Gasteiger partial charge in [-0.1, -0.05) is 0 Å². The second-order valence-electron chi connectivity index (χ2n) is 4.92. The lowest BCUT2D eigenvalue weighted by molar-refractivity contribution is 0.0268. The number of rotatable bonds is 2. The van der Waals surface area contributed by atoms with Crippen LogP contribution in [0.3, 0.4) is 0 Å². The Bertz CT molecular complexity index is 467. The van der Waals surface area contributed by atoms with E-state index in [0.717, 1.165) is 12.8 Å². The maximum absolute atomic E-state index is 13.6. The highest BCUT2D eigenvalue weighted by atomic mass is 19.1. The van der Waals surface area contributed by atoms with Crippen LogP contribution in [0.5, 0.6) is 0 Å². The van der Waals surface area contributed by atoms with Gasteiger partial charge in [0.25, 0.3) is 5.91 Å². The van der Waals surface area contributed by atoms with Gasteiger partial charge in [0.05, 0.1) is 6.10 Å². The number of methoxy groups -OCH3 is 1. The Labute approximate surface area is 112 Å². The van der Waals surface area contributed by atoms with Crippen LogP contribution in [0.1, 0.15) is 28.8 Å². The van der Waals surface area contributed by atoms with E-state index in [4.69, 9.17) is 10.5 Å². The lowest BCUT2D eigenvalue weighted by Crippen LogP contribution is -2.42. The van der Waals surface area contributed by atoms with Crippen LogP contribution < -0.4 is 5.73 Å². The number of hydrogen-bond acceptors (Lipinski definition) is 3. The number of carbonyl (C=O) groups excluding carboxylic acids is 1. The number of anilines is 1. The van der Waals surface area contributed by atoms with Crippen molar-refractivity contribution in [2.75, 3.05) is 25.9 Å². The summed E-state index contributed by atoms with van der Waals surface area (Å²) in [5.74, 6) is -0.629. The third kappa shape index (κ3) is 2.87. The standard InChI is InChI=1S/C14H19FN2O2/c1-9-12(15)6-10(7-13(9)16)14(18)17-5-3-4-11(8-17)19-2/h6-7,11H,3-5,8,16H2,1-2H3. The Morgan fingerprint density at radius 3 is 2.89 bits per heavy atom. The number of nitrogens with zero attached hydrogens (tertiary/aromatic N) is 1. The second kappa shape index (κ2) is 5.57. The summed E-state index contributed by atoms with van der Waals surface area (Å²) < 4.78 is 18.9. The number of carbonyl (C=O) groups is 1. The number of likely N-dealkylation sites (tertiary alicyclic amines) is 1. The van der Waals surface area contributed by atoms with Crippen molar-refractivity contribution in [2.45, 2.75) is 25.9 Å². The molecule has 0 aromatic heterocycles. The number of hydrogen-bond donors (Lipinski definition) is 1. The summed E-state index contributed by atoms with van der Waals surface area (Å²) in [7, 11) is 1.64. The largest absolute Gasteiger partial charge is 0.398 e. The lowest BCUT2D eigenvalue weighted by atomic mass is 10.0. The Morgan fingerprint density at radius 2 is 2.26 bits per heavy atom. The molecule has 1 aliphatic rings. The van der Waals surface area contributed by atoms with Crippen molar-refractivity contribution >= 4 is 11.6 Å². The predicted octanol–water partition coefficient (Wildman–Crippen LogP) is 1.97. The van der Waals surface area contributed by atoms with Crippen LogP contribution in [-0.4, -0.2) is 37.1 Å². The molecule has 1 aromatic rings. The van der Waals surface area contributed by atoms with E-state index in [1.807, 2.05) is 0 Å². The van der Waals surface area contributed by atoms with Gasteiger partial charge in [0.2, 0.25) is 0 Å². The van der Waals surface area contributed by atoms with Crippen molar-refractivity contribution in [3.63, 3.8) is 0 Å². The number of benzene rings is 1. The fourth-order valence-corrected chi connectivity index (χ4v) is 2.32. The molecule has 1 fully saturated rings. The normalized spacial score (nSPS) is 19.5. The number of ether oxygens (including phenoxy) is 1. The highest BCUT2D eigenvalue weighted by molar-refractivity contribution is 5.95. The molecule has 4 nitrogen and oxygen atoms in total. The van der Waals surface area contributed by atoms with Crippen molar-refractivity contribution in [1.29, 1.82) is 0 Å². The van der Waals surface area contributed by atoms with Gasteiger partial charge in [-0.25, -0.2) is 4.39 Å². The molecule has 1 unspecified atom stereocenters. The van der Waals surface area contributed by atoms with E-state index in [-0.39, 0.29) is 12.0 Å². The zero-order valence-corrected chi connectivity index (χ0v) is 11.3. The minimum atomic E-state index is -0.441. The maximum atomic E-state index is 13.6. The fourth-order valence-electron chi connectivity index (χ4n) is 2.32. The van der Waals surface area contributed by atoms with Gasteiger partial charge in [0, 0.05) is 37.0 Å². The van der Waals surface area contributed by atoms with Crippen LogP contribution in [0.15, 0.2) is 12.1 Å². The summed E-state index contributed by atoms with van der Waals surface area (Å²) in [5.41, 5.74) is 6.70. The molecule has 0 spiro atoms. The number of nitrogens with two attached hydrogens (primary N) is 1. The molecule has 19 heavy (non-hydrogen) atoms. The molecular formula is C14H19FN2O2. The highest BCUT2D eigenvalue weighted by Gasteiger charge is 2.25. The zero-order chi connectivity index (χ0) is 14.0. The van der Waals surface area contributed by atoms with E-state index in [9.17, 15) is 9.18 Å². The summed E-state index contributed by atoms with van der Waals surface area (Å²) in [4.78, 5) is 14.0. The maximum Gasteiger partial charge on any atom is 0.254 e. The quantitative estimate of drug-likeness (QED) is 0.833. The minimum Gasteiger partial charge on any atom is -0.398 e. The highest BCUT2D eigenvalue weighted by Crippen LogP contribution is 2.21. The van der Waals surface area contributed by atoms with Crippen LogP contribution in [0.4, 0.5) is 10.1 Å². The molecule has 1 atom stereocenters. The molecular weight excluding hydrogens is 247 g/mol. The molecule has 0 saturated carbocycles. The first-order chi connectivity index (χ1) is 9.02. The van der Waals surface area contributed by atoms with E-state index >= 15 is 0 Å². The van der Waals surface area contributed by atoms with Gasteiger partial charge >= 0.3 is 0 Å². The minimum absolute atomic E-state index is 0.0605. The molecule has 2 rings (SSSR count). The van der Waals surface area contributed by atoms with Gasteiger partial charge in [0.1, 0.15) is 5.82 Å². The van der Waals surface area contributed by atoms with Crippen molar-refractivity contribution in [3.8, 4) is 0 Å². The van der Waals surface area contributed by atoms with E-state index in [0.29, 0.717) is 29.9 Å². The van der Waals surface area contributed by atoms with Crippen LogP contribution in [0.25, 0.3) is 0 Å². The molecule has 1 amide bonds. The van der Waals surface area contributed by atoms with Crippen LogP contribution in [0, 0.1) is 12.7 Å². The molecule has 0 bridgehead atoms. The molecule has 1 aromatic carbocycles. The molecule has 1 aliphatic heterocycles. The first kappa shape index (κ1) is 13.8. The van der Waals surface area contributed by atoms with Gasteiger partial charge in [-0.05, 0) is 31.9 Å². The van der Waals surface area contributed by atoms with Crippen molar-refractivity contribution < 1.29 is 13.9 Å². The van der Waals surface area contributed by atoms with Crippen LogP contribution in [-0.2, 0) is 4.74 Å². The van der Waals surface area contributed by atoms with Crippen molar-refractivity contribution in [1.82, 2.24) is 4.90 Å². The molecule has 2 N–H and O–H groups in total.